The Bertz CT molecular complexity index is 1020. The summed E-state index contributed by atoms with van der Waals surface area (Å²) in [4.78, 5) is 4.75. The first-order valence-electron chi connectivity index (χ1n) is 8.30. The van der Waals surface area contributed by atoms with Gasteiger partial charge < -0.3 is 4.74 Å². The molecule has 4 rings (SSSR count). The molecule has 1 heterocycles. The maximum atomic E-state index is 13.2. The molecule has 2 unspecified atom stereocenters. The number of ether oxygens (including phenoxy) is 1. The van der Waals surface area contributed by atoms with Crippen LogP contribution in [0.1, 0.15) is 0 Å². The maximum absolute atomic E-state index is 13.2. The first-order valence-corrected chi connectivity index (χ1v) is 9.85. The summed E-state index contributed by atoms with van der Waals surface area (Å²) in [7, 11) is -3.67. The van der Waals surface area contributed by atoms with E-state index in [1.165, 1.54) is 0 Å². The third kappa shape index (κ3) is 3.13. The zero-order chi connectivity index (χ0) is 18.0. The first kappa shape index (κ1) is 16.5. The van der Waals surface area contributed by atoms with Crippen LogP contribution in [0.5, 0.6) is 0 Å². The highest BCUT2D eigenvalue weighted by atomic mass is 32.2. The van der Waals surface area contributed by atoms with E-state index >= 15 is 0 Å². The van der Waals surface area contributed by atoms with Crippen LogP contribution in [-0.2, 0) is 14.6 Å². The lowest BCUT2D eigenvalue weighted by Crippen LogP contribution is -2.38. The van der Waals surface area contributed by atoms with Crippen molar-refractivity contribution >= 4 is 21.4 Å². The van der Waals surface area contributed by atoms with E-state index in [9.17, 15) is 8.42 Å². The molecule has 0 saturated carbocycles. The van der Waals surface area contributed by atoms with E-state index in [0.29, 0.717) is 5.69 Å². The maximum Gasteiger partial charge on any atom is 0.212 e. The van der Waals surface area contributed by atoms with Gasteiger partial charge in [0.05, 0.1) is 10.6 Å². The number of para-hydroxylation sites is 1. The van der Waals surface area contributed by atoms with Crippen molar-refractivity contribution in [3.63, 3.8) is 0 Å². The molecule has 5 heteroatoms. The molecule has 130 valence electrons. The summed E-state index contributed by atoms with van der Waals surface area (Å²) in [5, 5.41) is -0.965. The zero-order valence-corrected chi connectivity index (χ0v) is 14.7. The van der Waals surface area contributed by atoms with Crippen LogP contribution in [0.15, 0.2) is 107 Å². The van der Waals surface area contributed by atoms with E-state index in [0.717, 1.165) is 5.57 Å². The van der Waals surface area contributed by atoms with Crippen LogP contribution in [0.3, 0.4) is 0 Å². The Morgan fingerprint density at radius 1 is 0.885 bits per heavy atom. The van der Waals surface area contributed by atoms with Crippen molar-refractivity contribution in [3.05, 3.63) is 96.6 Å². The molecule has 26 heavy (non-hydrogen) atoms. The van der Waals surface area contributed by atoms with Gasteiger partial charge in [0.25, 0.3) is 0 Å². The quantitative estimate of drug-likeness (QED) is 0.828. The fourth-order valence-electron chi connectivity index (χ4n) is 2.94. The molecule has 2 atom stereocenters. The second-order valence-corrected chi connectivity index (χ2v) is 8.08. The number of benzene rings is 2. The Labute approximate surface area is 152 Å². The number of sulfone groups is 1. The highest BCUT2D eigenvalue weighted by molar-refractivity contribution is 7.93. The molecular weight excluding hydrogens is 346 g/mol. The van der Waals surface area contributed by atoms with Gasteiger partial charge >= 0.3 is 0 Å². The van der Waals surface area contributed by atoms with Crippen LogP contribution < -0.4 is 0 Å². The van der Waals surface area contributed by atoms with Gasteiger partial charge in [0.15, 0.2) is 15.1 Å². The van der Waals surface area contributed by atoms with E-state index in [1.54, 1.807) is 36.4 Å². The van der Waals surface area contributed by atoms with E-state index in [-0.39, 0.29) is 16.9 Å². The molecule has 0 spiro atoms. The lowest BCUT2D eigenvalue weighted by atomic mass is 10.0. The fraction of sp³-hybridized carbons (Fsp3) is 0.0952. The van der Waals surface area contributed by atoms with Crippen LogP contribution in [0.2, 0.25) is 0 Å². The Morgan fingerprint density at radius 3 is 2.31 bits per heavy atom. The van der Waals surface area contributed by atoms with E-state index in [4.69, 9.17) is 4.74 Å². The zero-order valence-electron chi connectivity index (χ0n) is 13.9. The summed E-state index contributed by atoms with van der Waals surface area (Å²) >= 11 is 0. The van der Waals surface area contributed by atoms with Gasteiger partial charge in [-0.25, -0.2) is 13.4 Å². The van der Waals surface area contributed by atoms with Crippen LogP contribution in [0.25, 0.3) is 0 Å². The normalized spacial score (nSPS) is 23.2. The molecule has 0 aromatic heterocycles. The average Bonchev–Trinajstić information content (AvgIpc) is 2.69. The van der Waals surface area contributed by atoms with Crippen LogP contribution in [0.4, 0.5) is 5.69 Å². The van der Waals surface area contributed by atoms with Gasteiger partial charge in [0, 0.05) is 0 Å². The smallest absolute Gasteiger partial charge is 0.212 e. The number of hydrogen-bond acceptors (Lipinski definition) is 4. The molecule has 1 aliphatic heterocycles. The molecule has 0 saturated heterocycles. The largest absolute Gasteiger partial charge is 0.467 e. The summed E-state index contributed by atoms with van der Waals surface area (Å²) in [6, 6.07) is 17.6. The Hall–Kier alpha value is -2.92. The Morgan fingerprint density at radius 2 is 1.58 bits per heavy atom. The molecule has 0 radical (unpaired) electrons. The average molecular weight is 363 g/mol. The number of rotatable bonds is 3. The van der Waals surface area contributed by atoms with E-state index < -0.39 is 15.1 Å². The number of allylic oxidation sites excluding steroid dienone is 2. The third-order valence-electron chi connectivity index (χ3n) is 4.25. The molecule has 0 N–H and O–H groups in total. The lowest BCUT2D eigenvalue weighted by Gasteiger charge is -2.29. The van der Waals surface area contributed by atoms with Crippen molar-refractivity contribution < 1.29 is 13.2 Å². The predicted molar refractivity (Wildman–Crippen MR) is 102 cm³/mol. The van der Waals surface area contributed by atoms with E-state index in [2.05, 4.69) is 4.99 Å². The minimum absolute atomic E-state index is 0.189. The number of nitrogens with zero attached hydrogens (tertiary/aromatic N) is 1. The summed E-state index contributed by atoms with van der Waals surface area (Å²) in [5.74, 6) is 0.189. The number of hydrogen-bond donors (Lipinski definition) is 0. The van der Waals surface area contributed by atoms with Gasteiger partial charge in [-0.05, 0) is 42.0 Å². The van der Waals surface area contributed by atoms with Gasteiger partial charge in [-0.3, -0.25) is 0 Å². The molecule has 0 amide bonds. The summed E-state index contributed by atoms with van der Waals surface area (Å²) in [5.41, 5.74) is 1.48. The fourth-order valence-corrected chi connectivity index (χ4v) is 4.48. The minimum Gasteiger partial charge on any atom is -0.467 e. The van der Waals surface area contributed by atoms with E-state index in [1.807, 2.05) is 54.6 Å². The molecule has 1 aliphatic carbocycles. The topological polar surface area (TPSA) is 55.7 Å². The van der Waals surface area contributed by atoms with Crippen molar-refractivity contribution in [2.75, 3.05) is 0 Å². The summed E-state index contributed by atoms with van der Waals surface area (Å²) in [6.07, 6.45) is 8.93. The predicted octanol–water partition coefficient (Wildman–Crippen LogP) is 4.01. The molecule has 2 aromatic carbocycles. The second kappa shape index (κ2) is 6.77. The molecule has 2 aromatic rings. The van der Waals surface area contributed by atoms with Crippen molar-refractivity contribution in [2.45, 2.75) is 16.2 Å². The van der Waals surface area contributed by atoms with Gasteiger partial charge in [0.2, 0.25) is 5.90 Å². The van der Waals surface area contributed by atoms with Crippen LogP contribution in [-0.4, -0.2) is 25.7 Å². The van der Waals surface area contributed by atoms with Gasteiger partial charge in [-0.1, -0.05) is 54.6 Å². The lowest BCUT2D eigenvalue weighted by molar-refractivity contribution is 0.260. The van der Waals surface area contributed by atoms with Gasteiger partial charge in [-0.2, -0.15) is 0 Å². The van der Waals surface area contributed by atoms with Crippen molar-refractivity contribution in [1.29, 1.82) is 0 Å². The van der Waals surface area contributed by atoms with Gasteiger partial charge in [-0.15, -0.1) is 0 Å². The van der Waals surface area contributed by atoms with Gasteiger partial charge in [0.1, 0.15) is 6.10 Å². The summed E-state index contributed by atoms with van der Waals surface area (Å²) in [6.45, 7) is 0. The van der Waals surface area contributed by atoms with Crippen LogP contribution in [0, 0.1) is 0 Å². The molecule has 0 bridgehead atoms. The van der Waals surface area contributed by atoms with Crippen LogP contribution >= 0.6 is 0 Å². The molecule has 2 aliphatic rings. The SMILES string of the molecule is O=S(=O)(c1ccccc1)C1C=C2C=CC=CC2OC1=Nc1ccccc1. The monoisotopic (exact) mass is 363 g/mol. The highest BCUT2D eigenvalue weighted by Crippen LogP contribution is 2.30. The second-order valence-electron chi connectivity index (χ2n) is 6.01. The Balaban J connectivity index is 1.84. The third-order valence-corrected chi connectivity index (χ3v) is 6.19. The minimum atomic E-state index is -3.67. The number of aliphatic imine (C=N–C) groups is 1. The molecule has 0 fully saturated rings. The van der Waals surface area contributed by atoms with Crippen molar-refractivity contribution in [2.24, 2.45) is 4.99 Å². The molecular formula is C21H17NO3S. The first-order chi connectivity index (χ1) is 12.6. The molecule has 4 nitrogen and oxygen atoms in total. The highest BCUT2D eigenvalue weighted by Gasteiger charge is 2.37. The van der Waals surface area contributed by atoms with Crippen molar-refractivity contribution in [1.82, 2.24) is 0 Å². The standard InChI is InChI=1S/C21H17NO3S/c23-26(24,18-12-5-2-6-13-18)20-15-16-9-7-8-14-19(16)25-21(20)22-17-10-3-1-4-11-17/h1-15,19-20H. The number of fused-ring (bicyclic) bond motifs is 1. The summed E-state index contributed by atoms with van der Waals surface area (Å²) < 4.78 is 32.4. The van der Waals surface area contributed by atoms with Crippen molar-refractivity contribution in [3.8, 4) is 0 Å². The Kier molecular flexibility index (Phi) is 4.31.